The first-order valence-corrected chi connectivity index (χ1v) is 6.80. The number of methoxy groups -OCH3 is 1. The fourth-order valence-corrected chi connectivity index (χ4v) is 2.80. The SMILES string of the molecule is COc1ccc(C2CCN(C3=CC=NC3)CC2)cn1. The molecule has 100 valence electrons. The third-order valence-corrected chi connectivity index (χ3v) is 3.97. The first-order chi connectivity index (χ1) is 9.36. The van der Waals surface area contributed by atoms with Gasteiger partial charge in [-0.3, -0.25) is 4.99 Å². The highest BCUT2D eigenvalue weighted by atomic mass is 16.5. The molecule has 0 saturated carbocycles. The first kappa shape index (κ1) is 12.2. The number of piperidine rings is 1. The second-order valence-electron chi connectivity index (χ2n) is 5.04. The van der Waals surface area contributed by atoms with Crippen molar-refractivity contribution in [3.05, 3.63) is 35.7 Å². The maximum absolute atomic E-state index is 5.10. The quantitative estimate of drug-likeness (QED) is 0.833. The van der Waals surface area contributed by atoms with E-state index >= 15 is 0 Å². The standard InChI is InChI=1S/C15H19N3O/c1-19-15-3-2-13(10-17-15)12-5-8-18(9-6-12)14-4-7-16-11-14/h2-4,7,10,12H,5-6,8-9,11H2,1H3. The van der Waals surface area contributed by atoms with Gasteiger partial charge in [-0.25, -0.2) is 4.98 Å². The molecular formula is C15H19N3O. The lowest BCUT2D eigenvalue weighted by atomic mass is 9.90. The molecule has 4 nitrogen and oxygen atoms in total. The number of allylic oxidation sites excluding steroid dienone is 1. The lowest BCUT2D eigenvalue weighted by molar-refractivity contribution is 0.262. The molecule has 1 aromatic heterocycles. The average molecular weight is 257 g/mol. The minimum atomic E-state index is 0.623. The third kappa shape index (κ3) is 2.62. The molecule has 0 spiro atoms. The van der Waals surface area contributed by atoms with Crippen LogP contribution in [0.4, 0.5) is 0 Å². The highest BCUT2D eigenvalue weighted by Crippen LogP contribution is 2.30. The summed E-state index contributed by atoms with van der Waals surface area (Å²) in [5.74, 6) is 1.31. The van der Waals surface area contributed by atoms with Crippen LogP contribution in [-0.2, 0) is 0 Å². The molecule has 4 heteroatoms. The van der Waals surface area contributed by atoms with E-state index in [0.29, 0.717) is 11.8 Å². The van der Waals surface area contributed by atoms with Crippen LogP contribution in [-0.4, -0.2) is 42.8 Å². The number of pyridine rings is 1. The molecule has 2 aliphatic rings. The van der Waals surface area contributed by atoms with Crippen LogP contribution in [0.3, 0.4) is 0 Å². The second kappa shape index (κ2) is 5.43. The third-order valence-electron chi connectivity index (χ3n) is 3.97. The van der Waals surface area contributed by atoms with Crippen LogP contribution in [0, 0.1) is 0 Å². The van der Waals surface area contributed by atoms with E-state index in [4.69, 9.17) is 4.74 Å². The second-order valence-corrected chi connectivity index (χ2v) is 5.04. The summed E-state index contributed by atoms with van der Waals surface area (Å²) in [6.45, 7) is 3.09. The molecule has 3 heterocycles. The van der Waals surface area contributed by atoms with Gasteiger partial charge in [0.25, 0.3) is 0 Å². The number of nitrogens with zero attached hydrogens (tertiary/aromatic N) is 3. The smallest absolute Gasteiger partial charge is 0.212 e. The van der Waals surface area contributed by atoms with E-state index in [2.05, 4.69) is 27.0 Å². The summed E-state index contributed by atoms with van der Waals surface area (Å²) < 4.78 is 5.10. The predicted octanol–water partition coefficient (Wildman–Crippen LogP) is 2.24. The van der Waals surface area contributed by atoms with Gasteiger partial charge in [-0.05, 0) is 30.4 Å². The van der Waals surface area contributed by atoms with Crippen LogP contribution in [0.1, 0.15) is 24.3 Å². The van der Waals surface area contributed by atoms with E-state index in [-0.39, 0.29) is 0 Å². The summed E-state index contributed by atoms with van der Waals surface area (Å²) in [5, 5.41) is 0. The summed E-state index contributed by atoms with van der Waals surface area (Å²) >= 11 is 0. The number of aromatic nitrogens is 1. The summed E-state index contributed by atoms with van der Waals surface area (Å²) in [7, 11) is 1.65. The summed E-state index contributed by atoms with van der Waals surface area (Å²) in [5.41, 5.74) is 2.70. The van der Waals surface area contributed by atoms with E-state index in [1.165, 1.54) is 24.1 Å². The van der Waals surface area contributed by atoms with Crippen molar-refractivity contribution < 1.29 is 4.74 Å². The van der Waals surface area contributed by atoms with Crippen molar-refractivity contribution in [3.8, 4) is 5.88 Å². The summed E-state index contributed by atoms with van der Waals surface area (Å²) in [6.07, 6.45) is 8.37. The molecule has 0 unspecified atom stereocenters. The van der Waals surface area contributed by atoms with Crippen molar-refractivity contribution in [1.29, 1.82) is 0 Å². The number of likely N-dealkylation sites (tertiary alicyclic amines) is 1. The number of rotatable bonds is 3. The van der Waals surface area contributed by atoms with Gasteiger partial charge in [-0.2, -0.15) is 0 Å². The molecule has 0 atom stereocenters. The number of hydrogen-bond donors (Lipinski definition) is 0. The zero-order valence-electron chi connectivity index (χ0n) is 11.2. The van der Waals surface area contributed by atoms with Crippen LogP contribution >= 0.6 is 0 Å². The van der Waals surface area contributed by atoms with Crippen LogP contribution < -0.4 is 4.74 Å². The average Bonchev–Trinajstić information content (AvgIpc) is 3.02. The maximum Gasteiger partial charge on any atom is 0.212 e. The highest BCUT2D eigenvalue weighted by molar-refractivity contribution is 5.74. The van der Waals surface area contributed by atoms with Crippen molar-refractivity contribution in [2.75, 3.05) is 26.7 Å². The Morgan fingerprint density at radius 1 is 1.26 bits per heavy atom. The normalized spacial score (nSPS) is 19.6. The van der Waals surface area contributed by atoms with E-state index in [9.17, 15) is 0 Å². The monoisotopic (exact) mass is 257 g/mol. The zero-order valence-corrected chi connectivity index (χ0v) is 11.2. The molecule has 1 saturated heterocycles. The molecule has 1 fully saturated rings. The Hall–Kier alpha value is -1.84. The van der Waals surface area contributed by atoms with E-state index in [1.807, 2.05) is 18.5 Å². The van der Waals surface area contributed by atoms with Crippen LogP contribution in [0.5, 0.6) is 5.88 Å². The van der Waals surface area contributed by atoms with Gasteiger partial charge < -0.3 is 9.64 Å². The molecular weight excluding hydrogens is 238 g/mol. The van der Waals surface area contributed by atoms with Crippen LogP contribution in [0.2, 0.25) is 0 Å². The topological polar surface area (TPSA) is 37.7 Å². The summed E-state index contributed by atoms with van der Waals surface area (Å²) in [6, 6.07) is 4.10. The molecule has 0 aromatic carbocycles. The highest BCUT2D eigenvalue weighted by Gasteiger charge is 2.22. The molecule has 0 aliphatic carbocycles. The van der Waals surface area contributed by atoms with Gasteiger partial charge in [0, 0.05) is 37.3 Å². The fourth-order valence-electron chi connectivity index (χ4n) is 2.80. The van der Waals surface area contributed by atoms with E-state index in [1.54, 1.807) is 7.11 Å². The van der Waals surface area contributed by atoms with Gasteiger partial charge in [-0.15, -0.1) is 0 Å². The molecule has 1 aromatic rings. The van der Waals surface area contributed by atoms with E-state index in [0.717, 1.165) is 19.6 Å². The van der Waals surface area contributed by atoms with Gasteiger partial charge in [0.1, 0.15) is 0 Å². The molecule has 0 bridgehead atoms. The first-order valence-electron chi connectivity index (χ1n) is 6.80. The molecule has 2 aliphatic heterocycles. The Morgan fingerprint density at radius 3 is 2.68 bits per heavy atom. The van der Waals surface area contributed by atoms with Gasteiger partial charge in [0.05, 0.1) is 13.7 Å². The molecule has 0 radical (unpaired) electrons. The lowest BCUT2D eigenvalue weighted by Gasteiger charge is -2.34. The Labute approximate surface area is 113 Å². The minimum Gasteiger partial charge on any atom is -0.481 e. The Morgan fingerprint density at radius 2 is 2.11 bits per heavy atom. The van der Waals surface area contributed by atoms with Gasteiger partial charge in [0.2, 0.25) is 5.88 Å². The predicted molar refractivity (Wildman–Crippen MR) is 75.8 cm³/mol. The van der Waals surface area contributed by atoms with Crippen molar-refractivity contribution in [3.63, 3.8) is 0 Å². The van der Waals surface area contributed by atoms with Gasteiger partial charge in [0.15, 0.2) is 0 Å². The number of hydrogen-bond acceptors (Lipinski definition) is 4. The van der Waals surface area contributed by atoms with Crippen molar-refractivity contribution in [1.82, 2.24) is 9.88 Å². The zero-order chi connectivity index (χ0) is 13.1. The van der Waals surface area contributed by atoms with Crippen LogP contribution in [0.25, 0.3) is 0 Å². The van der Waals surface area contributed by atoms with Crippen molar-refractivity contribution in [2.45, 2.75) is 18.8 Å². The largest absolute Gasteiger partial charge is 0.481 e. The van der Waals surface area contributed by atoms with Gasteiger partial charge >= 0.3 is 0 Å². The number of aliphatic imine (C=N–C) groups is 1. The number of ether oxygens (including phenoxy) is 1. The minimum absolute atomic E-state index is 0.623. The summed E-state index contributed by atoms with van der Waals surface area (Å²) in [4.78, 5) is 11.0. The van der Waals surface area contributed by atoms with Crippen molar-refractivity contribution >= 4 is 6.21 Å². The Kier molecular flexibility index (Phi) is 3.49. The van der Waals surface area contributed by atoms with Gasteiger partial charge in [-0.1, -0.05) is 6.07 Å². The molecule has 0 amide bonds. The lowest BCUT2D eigenvalue weighted by Crippen LogP contribution is -2.32. The fraction of sp³-hybridized carbons (Fsp3) is 0.467. The van der Waals surface area contributed by atoms with Crippen molar-refractivity contribution in [2.24, 2.45) is 4.99 Å². The molecule has 3 rings (SSSR count). The van der Waals surface area contributed by atoms with Crippen LogP contribution in [0.15, 0.2) is 35.1 Å². The Bertz CT molecular complexity index is 485. The maximum atomic E-state index is 5.10. The Balaban J connectivity index is 1.60. The molecule has 0 N–H and O–H groups in total. The molecule has 19 heavy (non-hydrogen) atoms. The van der Waals surface area contributed by atoms with E-state index < -0.39 is 0 Å².